The van der Waals surface area contributed by atoms with Crippen molar-refractivity contribution in [3.8, 4) is 17.2 Å². The monoisotopic (exact) mass is 316 g/mol. The van der Waals surface area contributed by atoms with E-state index < -0.39 is 6.16 Å². The molecule has 0 aromatic heterocycles. The van der Waals surface area contributed by atoms with E-state index in [1.165, 1.54) is 12.7 Å². The summed E-state index contributed by atoms with van der Waals surface area (Å²) in [7, 11) is 2.81. The number of hydrogen-bond donors (Lipinski definition) is 0. The van der Waals surface area contributed by atoms with Crippen LogP contribution in [0.3, 0.4) is 0 Å². The van der Waals surface area contributed by atoms with Gasteiger partial charge in [0.05, 0.1) is 19.8 Å². The van der Waals surface area contributed by atoms with E-state index >= 15 is 0 Å². The van der Waals surface area contributed by atoms with E-state index in [-0.39, 0.29) is 6.61 Å². The van der Waals surface area contributed by atoms with Gasteiger partial charge < -0.3 is 18.9 Å². The second-order valence-electron chi connectivity index (χ2n) is 4.78. The van der Waals surface area contributed by atoms with Crippen molar-refractivity contribution in [3.05, 3.63) is 53.6 Å². The van der Waals surface area contributed by atoms with E-state index in [1.807, 2.05) is 24.3 Å². The maximum Gasteiger partial charge on any atom is 0.513 e. The molecule has 122 valence electrons. The number of rotatable bonds is 6. The third kappa shape index (κ3) is 4.39. The van der Waals surface area contributed by atoms with Crippen LogP contribution in [0.5, 0.6) is 17.2 Å². The Morgan fingerprint density at radius 2 is 1.70 bits per heavy atom. The van der Waals surface area contributed by atoms with Gasteiger partial charge in [-0.15, -0.1) is 0 Å². The minimum Gasteiger partial charge on any atom is -0.496 e. The number of methoxy groups -OCH3 is 2. The Morgan fingerprint density at radius 1 is 1.00 bits per heavy atom. The van der Waals surface area contributed by atoms with E-state index in [1.54, 1.807) is 25.3 Å². The van der Waals surface area contributed by atoms with Gasteiger partial charge >= 0.3 is 6.16 Å². The summed E-state index contributed by atoms with van der Waals surface area (Å²) in [5.41, 5.74) is 1.88. The molecule has 0 radical (unpaired) electrons. The third-order valence-electron chi connectivity index (χ3n) is 3.38. The van der Waals surface area contributed by atoms with Gasteiger partial charge in [-0.1, -0.05) is 25.1 Å². The summed E-state index contributed by atoms with van der Waals surface area (Å²) in [4.78, 5) is 11.4. The van der Waals surface area contributed by atoms with E-state index in [0.717, 1.165) is 12.2 Å². The Kier molecular flexibility index (Phi) is 5.86. The second kappa shape index (κ2) is 8.08. The Labute approximate surface area is 135 Å². The third-order valence-corrected chi connectivity index (χ3v) is 3.38. The minimum atomic E-state index is -0.785. The zero-order chi connectivity index (χ0) is 16.7. The summed E-state index contributed by atoms with van der Waals surface area (Å²) in [6.45, 7) is 2.31. The van der Waals surface area contributed by atoms with Crippen molar-refractivity contribution in [2.75, 3.05) is 14.2 Å². The summed E-state index contributed by atoms with van der Waals surface area (Å²) < 4.78 is 20.8. The van der Waals surface area contributed by atoms with Crippen LogP contribution in [0.1, 0.15) is 18.1 Å². The van der Waals surface area contributed by atoms with Crippen molar-refractivity contribution in [2.24, 2.45) is 0 Å². The highest BCUT2D eigenvalue weighted by atomic mass is 16.7. The van der Waals surface area contributed by atoms with Gasteiger partial charge in [0.1, 0.15) is 23.9 Å². The first-order chi connectivity index (χ1) is 11.2. The summed E-state index contributed by atoms with van der Waals surface area (Å²) in [5, 5.41) is 0. The molecule has 23 heavy (non-hydrogen) atoms. The van der Waals surface area contributed by atoms with E-state index in [0.29, 0.717) is 17.1 Å². The summed E-state index contributed by atoms with van der Waals surface area (Å²) >= 11 is 0. The number of benzene rings is 2. The van der Waals surface area contributed by atoms with Gasteiger partial charge in [0.2, 0.25) is 0 Å². The van der Waals surface area contributed by atoms with Crippen LogP contribution in [0.2, 0.25) is 0 Å². The summed E-state index contributed by atoms with van der Waals surface area (Å²) in [6.07, 6.45) is 0.191. The van der Waals surface area contributed by atoms with Crippen molar-refractivity contribution >= 4 is 6.16 Å². The van der Waals surface area contributed by atoms with E-state index in [4.69, 9.17) is 14.2 Å². The van der Waals surface area contributed by atoms with Crippen LogP contribution in [0, 0.1) is 0 Å². The Balaban J connectivity index is 2.17. The molecule has 0 heterocycles. The topological polar surface area (TPSA) is 54.0 Å². The number of ether oxygens (including phenoxy) is 4. The first-order valence-electron chi connectivity index (χ1n) is 7.31. The quantitative estimate of drug-likeness (QED) is 0.596. The number of hydrogen-bond acceptors (Lipinski definition) is 5. The average molecular weight is 316 g/mol. The molecule has 0 saturated carbocycles. The van der Waals surface area contributed by atoms with Crippen molar-refractivity contribution in [3.63, 3.8) is 0 Å². The van der Waals surface area contributed by atoms with Crippen molar-refractivity contribution in [2.45, 2.75) is 20.0 Å². The molecule has 2 rings (SSSR count). The molecule has 2 aromatic carbocycles. The lowest BCUT2D eigenvalue weighted by Crippen LogP contribution is -2.10. The summed E-state index contributed by atoms with van der Waals surface area (Å²) in [6, 6.07) is 13.0. The predicted molar refractivity (Wildman–Crippen MR) is 86.2 cm³/mol. The predicted octanol–water partition coefficient (Wildman–Crippen LogP) is 3.98. The Hall–Kier alpha value is -2.69. The molecule has 2 aromatic rings. The molecule has 5 nitrogen and oxygen atoms in total. The zero-order valence-electron chi connectivity index (χ0n) is 13.5. The molecular weight excluding hydrogens is 296 g/mol. The minimum absolute atomic E-state index is 0.210. The van der Waals surface area contributed by atoms with Crippen molar-refractivity contribution in [1.29, 1.82) is 0 Å². The van der Waals surface area contributed by atoms with Crippen LogP contribution in [0.25, 0.3) is 0 Å². The fourth-order valence-corrected chi connectivity index (χ4v) is 2.08. The van der Waals surface area contributed by atoms with E-state index in [2.05, 4.69) is 11.7 Å². The lowest BCUT2D eigenvalue weighted by atomic mass is 10.1. The lowest BCUT2D eigenvalue weighted by molar-refractivity contribution is 0.120. The molecule has 0 atom stereocenters. The van der Waals surface area contributed by atoms with E-state index in [9.17, 15) is 4.79 Å². The van der Waals surface area contributed by atoms with Gasteiger partial charge in [-0.25, -0.2) is 4.79 Å². The Morgan fingerprint density at radius 3 is 2.30 bits per heavy atom. The summed E-state index contributed by atoms with van der Waals surface area (Å²) in [5.74, 6) is 1.66. The molecule has 0 spiro atoms. The fourth-order valence-electron chi connectivity index (χ4n) is 2.08. The number of carbonyl (C=O) groups is 1. The molecule has 0 aliphatic heterocycles. The highest BCUT2D eigenvalue weighted by molar-refractivity contribution is 5.65. The van der Waals surface area contributed by atoms with Crippen LogP contribution < -0.4 is 14.2 Å². The first kappa shape index (κ1) is 16.7. The van der Waals surface area contributed by atoms with Gasteiger partial charge in [-0.05, 0) is 36.2 Å². The molecule has 0 N–H and O–H groups in total. The zero-order valence-corrected chi connectivity index (χ0v) is 13.5. The van der Waals surface area contributed by atoms with Crippen LogP contribution >= 0.6 is 0 Å². The molecule has 0 saturated heterocycles. The molecule has 5 heteroatoms. The maximum atomic E-state index is 11.4. The molecule has 0 aliphatic rings. The normalized spacial score (nSPS) is 10.0. The van der Waals surface area contributed by atoms with Gasteiger partial charge in [0.25, 0.3) is 0 Å². The molecule has 0 aliphatic carbocycles. The van der Waals surface area contributed by atoms with Crippen LogP contribution in [0.4, 0.5) is 4.79 Å². The lowest BCUT2D eigenvalue weighted by Gasteiger charge is -2.14. The van der Waals surface area contributed by atoms with Gasteiger partial charge in [0.15, 0.2) is 0 Å². The highest BCUT2D eigenvalue weighted by Crippen LogP contribution is 2.30. The van der Waals surface area contributed by atoms with Crippen LogP contribution in [-0.2, 0) is 17.8 Å². The molecule has 0 unspecified atom stereocenters. The fraction of sp³-hybridized carbons (Fsp3) is 0.278. The standard InChI is InChI=1S/C18H20O5/c1-4-13-8-10-14(11-9-13)22-12-15-16(20-2)6-5-7-17(15)23-18(19)21-3/h5-11H,4,12H2,1-3H3. The van der Waals surface area contributed by atoms with Crippen LogP contribution in [-0.4, -0.2) is 20.4 Å². The second-order valence-corrected chi connectivity index (χ2v) is 4.78. The SMILES string of the molecule is CCc1ccc(OCc2c(OC)cccc2OC(=O)OC)cc1. The first-order valence-corrected chi connectivity index (χ1v) is 7.31. The van der Waals surface area contributed by atoms with Gasteiger partial charge in [-0.2, -0.15) is 0 Å². The number of aryl methyl sites for hydroxylation is 1. The largest absolute Gasteiger partial charge is 0.513 e. The van der Waals surface area contributed by atoms with Crippen molar-refractivity contribution < 1.29 is 23.7 Å². The average Bonchev–Trinajstić information content (AvgIpc) is 2.60. The van der Waals surface area contributed by atoms with Crippen LogP contribution in [0.15, 0.2) is 42.5 Å². The smallest absolute Gasteiger partial charge is 0.496 e. The highest BCUT2D eigenvalue weighted by Gasteiger charge is 2.14. The van der Waals surface area contributed by atoms with Gasteiger partial charge in [-0.3, -0.25) is 0 Å². The molecular formula is C18H20O5. The molecule has 0 bridgehead atoms. The van der Waals surface area contributed by atoms with Gasteiger partial charge in [0, 0.05) is 0 Å². The molecule has 0 amide bonds. The molecule has 0 fully saturated rings. The number of carbonyl (C=O) groups excluding carboxylic acids is 1. The Bertz CT molecular complexity index is 649. The maximum absolute atomic E-state index is 11.4. The van der Waals surface area contributed by atoms with Crippen molar-refractivity contribution in [1.82, 2.24) is 0 Å².